The van der Waals surface area contributed by atoms with Crippen LogP contribution >= 0.6 is 11.3 Å². The number of anilines is 1. The van der Waals surface area contributed by atoms with Crippen LogP contribution in [0.1, 0.15) is 43.2 Å². The fourth-order valence-electron chi connectivity index (χ4n) is 5.15. The predicted octanol–water partition coefficient (Wildman–Crippen LogP) is 6.06. The van der Waals surface area contributed by atoms with E-state index in [2.05, 4.69) is 0 Å². The maximum atomic E-state index is 14.0. The summed E-state index contributed by atoms with van der Waals surface area (Å²) in [6.45, 7) is 4.09. The largest absolute Gasteiger partial charge is 0.324 e. The van der Waals surface area contributed by atoms with Crippen molar-refractivity contribution in [2.24, 2.45) is 16.3 Å². The number of Topliss-reactive ketones (excluding diaryl/α,β-unsaturated/α-hetero) is 1. The third kappa shape index (κ3) is 4.41. The van der Waals surface area contributed by atoms with Gasteiger partial charge < -0.3 is 4.90 Å². The molecule has 3 aromatic rings. The number of rotatable bonds is 4. The first-order valence-electron chi connectivity index (χ1n) is 11.5. The molecule has 1 amide bonds. The summed E-state index contributed by atoms with van der Waals surface area (Å²) in [5, 5.41) is 11.5. The molecule has 0 bridgehead atoms. The molecule has 0 N–H and O–H groups in total. The smallest absolute Gasteiger partial charge is 0.301 e. The van der Waals surface area contributed by atoms with Gasteiger partial charge >= 0.3 is 5.00 Å². The van der Waals surface area contributed by atoms with Gasteiger partial charge in [0.15, 0.2) is 0 Å². The summed E-state index contributed by atoms with van der Waals surface area (Å²) in [4.78, 5) is 45.9. The SMILES string of the molecule is CC1(C)CC(=O)C2C(=Nc3ccccc3N(C(=O)Cc3ccccc3)[C@H]2c2ccc([N+](=O)[O-])s2)C1. The van der Waals surface area contributed by atoms with Crippen molar-refractivity contribution in [1.29, 1.82) is 0 Å². The topological polar surface area (TPSA) is 92.9 Å². The van der Waals surface area contributed by atoms with Crippen LogP contribution < -0.4 is 4.90 Å². The Morgan fingerprint density at radius 2 is 1.80 bits per heavy atom. The van der Waals surface area contributed by atoms with Crippen LogP contribution in [0.2, 0.25) is 0 Å². The van der Waals surface area contributed by atoms with Gasteiger partial charge in [0, 0.05) is 23.1 Å². The Balaban J connectivity index is 1.70. The Hall–Kier alpha value is -3.65. The number of thiophene rings is 1. The Kier molecular flexibility index (Phi) is 5.84. The maximum Gasteiger partial charge on any atom is 0.324 e. The minimum absolute atomic E-state index is 0.00590. The van der Waals surface area contributed by atoms with Crippen LogP contribution in [0.3, 0.4) is 0 Å². The molecule has 1 aromatic heterocycles. The van der Waals surface area contributed by atoms with E-state index in [0.29, 0.717) is 29.1 Å². The fraction of sp³-hybridized carbons (Fsp3) is 0.296. The highest BCUT2D eigenvalue weighted by Crippen LogP contribution is 2.49. The van der Waals surface area contributed by atoms with E-state index in [0.717, 1.165) is 22.6 Å². The van der Waals surface area contributed by atoms with E-state index in [-0.39, 0.29) is 28.5 Å². The van der Waals surface area contributed by atoms with Crippen molar-refractivity contribution < 1.29 is 14.5 Å². The van der Waals surface area contributed by atoms with Crippen LogP contribution in [0, 0.1) is 21.4 Å². The van der Waals surface area contributed by atoms with E-state index < -0.39 is 16.9 Å². The number of fused-ring (bicyclic) bond motifs is 2. The number of amides is 1. The van der Waals surface area contributed by atoms with Gasteiger partial charge in [-0.25, -0.2) is 0 Å². The highest BCUT2D eigenvalue weighted by molar-refractivity contribution is 7.15. The third-order valence-electron chi connectivity index (χ3n) is 6.57. The normalized spacial score (nSPS) is 20.9. The molecule has 2 atom stereocenters. The van der Waals surface area contributed by atoms with Gasteiger partial charge in [0.1, 0.15) is 5.78 Å². The number of carbonyl (C=O) groups is 2. The molecule has 7 nitrogen and oxygen atoms in total. The highest BCUT2D eigenvalue weighted by Gasteiger charge is 2.48. The molecule has 5 rings (SSSR count). The summed E-state index contributed by atoms with van der Waals surface area (Å²) in [6, 6.07) is 19.3. The molecule has 2 aliphatic rings. The second kappa shape index (κ2) is 8.85. The Bertz CT molecular complexity index is 1350. The summed E-state index contributed by atoms with van der Waals surface area (Å²) in [5.41, 5.74) is 2.58. The molecular formula is C27H25N3O4S. The zero-order valence-electron chi connectivity index (χ0n) is 19.5. The minimum Gasteiger partial charge on any atom is -0.301 e. The Morgan fingerprint density at radius 1 is 1.09 bits per heavy atom. The van der Waals surface area contributed by atoms with Crippen molar-refractivity contribution in [2.75, 3.05) is 4.90 Å². The van der Waals surface area contributed by atoms with E-state index >= 15 is 0 Å². The monoisotopic (exact) mass is 487 g/mol. The fourth-order valence-corrected chi connectivity index (χ4v) is 6.10. The molecule has 178 valence electrons. The lowest BCUT2D eigenvalue weighted by Crippen LogP contribution is -2.47. The molecular weight excluding hydrogens is 462 g/mol. The second-order valence-electron chi connectivity index (χ2n) is 9.86. The van der Waals surface area contributed by atoms with Gasteiger partial charge in [-0.15, -0.1) is 0 Å². The summed E-state index contributed by atoms with van der Waals surface area (Å²) in [7, 11) is 0. The molecule has 1 fully saturated rings. The summed E-state index contributed by atoms with van der Waals surface area (Å²) in [6.07, 6.45) is 1.11. The zero-order valence-corrected chi connectivity index (χ0v) is 20.3. The summed E-state index contributed by atoms with van der Waals surface area (Å²) in [5.74, 6) is -0.835. The predicted molar refractivity (Wildman–Crippen MR) is 136 cm³/mol. The summed E-state index contributed by atoms with van der Waals surface area (Å²) < 4.78 is 0. The molecule has 1 unspecified atom stereocenters. The van der Waals surface area contributed by atoms with Gasteiger partial charge in [0.05, 0.1) is 34.7 Å². The molecule has 8 heteroatoms. The van der Waals surface area contributed by atoms with Gasteiger partial charge in [-0.2, -0.15) is 0 Å². The molecule has 1 aliphatic heterocycles. The van der Waals surface area contributed by atoms with Crippen LogP contribution in [0.15, 0.2) is 71.7 Å². The zero-order chi connectivity index (χ0) is 24.7. The standard InChI is InChI=1S/C27H25N3O4S/c1-27(2)15-19-25(21(31)16-27)26(22-12-13-24(35-22)30(33)34)29(20-11-7-6-10-18(20)28-19)23(32)14-17-8-4-3-5-9-17/h3-13,25-26H,14-16H2,1-2H3/t25?,26-/m0/s1. The average molecular weight is 488 g/mol. The second-order valence-corrected chi connectivity index (χ2v) is 11.0. The lowest BCUT2D eigenvalue weighted by atomic mass is 9.68. The van der Waals surface area contributed by atoms with E-state index in [4.69, 9.17) is 4.99 Å². The molecule has 0 saturated heterocycles. The van der Waals surface area contributed by atoms with Crippen LogP contribution in [0.5, 0.6) is 0 Å². The lowest BCUT2D eigenvalue weighted by Gasteiger charge is -2.40. The van der Waals surface area contributed by atoms with Crippen molar-refractivity contribution in [1.82, 2.24) is 0 Å². The maximum absolute atomic E-state index is 14.0. The Morgan fingerprint density at radius 3 is 2.51 bits per heavy atom. The number of ketones is 1. The number of benzene rings is 2. The van der Waals surface area contributed by atoms with Gasteiger partial charge in [0.2, 0.25) is 5.91 Å². The summed E-state index contributed by atoms with van der Waals surface area (Å²) >= 11 is 1.02. The third-order valence-corrected chi connectivity index (χ3v) is 7.68. The molecule has 1 saturated carbocycles. The van der Waals surface area contributed by atoms with E-state index in [9.17, 15) is 19.7 Å². The molecule has 0 radical (unpaired) electrons. The first kappa shape index (κ1) is 23.1. The number of para-hydroxylation sites is 2. The number of hydrogen-bond donors (Lipinski definition) is 0. The van der Waals surface area contributed by atoms with Crippen LogP contribution in [0.4, 0.5) is 16.4 Å². The van der Waals surface area contributed by atoms with E-state index in [1.54, 1.807) is 11.0 Å². The molecule has 2 aromatic carbocycles. The lowest BCUT2D eigenvalue weighted by molar-refractivity contribution is -0.380. The van der Waals surface area contributed by atoms with Crippen LogP contribution in [0.25, 0.3) is 0 Å². The van der Waals surface area contributed by atoms with Gasteiger partial charge in [-0.05, 0) is 35.6 Å². The van der Waals surface area contributed by atoms with Gasteiger partial charge in [0.25, 0.3) is 0 Å². The van der Waals surface area contributed by atoms with Crippen molar-refractivity contribution >= 4 is 45.1 Å². The van der Waals surface area contributed by atoms with Crippen molar-refractivity contribution in [2.45, 2.75) is 39.2 Å². The number of nitro groups is 1. The number of aliphatic imine (C=N–C) groups is 1. The van der Waals surface area contributed by atoms with Crippen molar-refractivity contribution in [3.05, 3.63) is 87.3 Å². The molecule has 1 aliphatic carbocycles. The van der Waals surface area contributed by atoms with Gasteiger partial charge in [-0.3, -0.25) is 24.7 Å². The number of carbonyl (C=O) groups excluding carboxylic acids is 2. The highest BCUT2D eigenvalue weighted by atomic mass is 32.1. The van der Waals surface area contributed by atoms with Gasteiger partial charge in [-0.1, -0.05) is 67.6 Å². The Labute approximate surface area is 207 Å². The quantitative estimate of drug-likeness (QED) is 0.330. The van der Waals surface area contributed by atoms with Crippen LogP contribution in [-0.2, 0) is 16.0 Å². The first-order valence-corrected chi connectivity index (χ1v) is 12.3. The number of hydrogen-bond acceptors (Lipinski definition) is 6. The van der Waals surface area contributed by atoms with Crippen molar-refractivity contribution in [3.63, 3.8) is 0 Å². The van der Waals surface area contributed by atoms with E-state index in [1.807, 2.05) is 68.4 Å². The van der Waals surface area contributed by atoms with Crippen molar-refractivity contribution in [3.8, 4) is 0 Å². The number of nitrogens with zero attached hydrogens (tertiary/aromatic N) is 3. The first-order chi connectivity index (χ1) is 16.7. The minimum atomic E-state index is -0.698. The molecule has 0 spiro atoms. The molecule has 2 heterocycles. The van der Waals surface area contributed by atoms with Crippen LogP contribution in [-0.4, -0.2) is 22.3 Å². The van der Waals surface area contributed by atoms with E-state index in [1.165, 1.54) is 6.07 Å². The average Bonchev–Trinajstić information content (AvgIpc) is 3.24. The molecule has 35 heavy (non-hydrogen) atoms.